The van der Waals surface area contributed by atoms with E-state index >= 15 is 0 Å². The number of benzene rings is 4. The van der Waals surface area contributed by atoms with Gasteiger partial charge in [-0.3, -0.25) is 0 Å². The second-order valence-electron chi connectivity index (χ2n) is 8.70. The molecule has 0 atom stereocenters. The van der Waals surface area contributed by atoms with Gasteiger partial charge in [0.1, 0.15) is 11.4 Å². The largest absolute Gasteiger partial charge is 0.329 e. The number of rotatable bonds is 5. The maximum Gasteiger partial charge on any atom is 0.329 e. The van der Waals surface area contributed by atoms with E-state index < -0.39 is 0 Å². The summed E-state index contributed by atoms with van der Waals surface area (Å²) in [6.07, 6.45) is 0. The lowest BCUT2D eigenvalue weighted by Gasteiger charge is -2.15. The van der Waals surface area contributed by atoms with Gasteiger partial charge in [0.05, 0.1) is 0 Å². The lowest BCUT2D eigenvalue weighted by Crippen LogP contribution is -2.37. The molecule has 170 valence electrons. The lowest BCUT2D eigenvalue weighted by atomic mass is 9.99. The molecule has 2 aromatic heterocycles. The van der Waals surface area contributed by atoms with Gasteiger partial charge in [0.2, 0.25) is 0 Å². The Morgan fingerprint density at radius 1 is 0.361 bits per heavy atom. The van der Waals surface area contributed by atoms with E-state index in [0.29, 0.717) is 0 Å². The molecule has 0 unspecified atom stereocenters. The van der Waals surface area contributed by atoms with Crippen molar-refractivity contribution in [2.24, 2.45) is 0 Å². The summed E-state index contributed by atoms with van der Waals surface area (Å²) in [4.78, 5) is 5.15. The van der Waals surface area contributed by atoms with Crippen LogP contribution >= 0.6 is 0 Å². The topological polar surface area (TPSA) is 16.8 Å². The third-order valence-electron chi connectivity index (χ3n) is 6.35. The van der Waals surface area contributed by atoms with E-state index in [1.807, 2.05) is 6.07 Å². The Morgan fingerprint density at radius 3 is 1.31 bits per heavy atom. The van der Waals surface area contributed by atoms with Gasteiger partial charge in [0, 0.05) is 22.8 Å². The molecular weight excluding hydrogens is 436 g/mol. The molecule has 0 aliphatic carbocycles. The first-order valence-electron chi connectivity index (χ1n) is 12.2. The molecule has 6 aromatic rings. The van der Waals surface area contributed by atoms with E-state index in [0.717, 1.165) is 39.6 Å². The number of hydrogen-bond donors (Lipinski definition) is 0. The number of nitrogens with zero attached hydrogens (tertiary/aromatic N) is 2. The average molecular weight is 462 g/mol. The first-order valence-corrected chi connectivity index (χ1v) is 12.2. The third kappa shape index (κ3) is 4.33. The maximum absolute atomic E-state index is 5.15. The normalized spacial score (nSPS) is 10.8. The van der Waals surface area contributed by atoms with Crippen LogP contribution < -0.4 is 4.57 Å². The van der Waals surface area contributed by atoms with E-state index in [1.54, 1.807) is 0 Å². The van der Waals surface area contributed by atoms with Crippen molar-refractivity contribution in [3.63, 3.8) is 0 Å². The molecule has 36 heavy (non-hydrogen) atoms. The standard InChI is InChI=1S/C34H25N2/c1-5-14-26(15-6-1)30-24-32(28-18-9-3-10-19-28)36(33(25-30)29-20-11-4-12-21-29)34-23-13-22-31(35-34)27-16-7-2-8-17-27/h1-25H/q+1. The van der Waals surface area contributed by atoms with Gasteiger partial charge in [-0.15, -0.1) is 0 Å². The molecule has 2 heteroatoms. The lowest BCUT2D eigenvalue weighted by molar-refractivity contribution is -0.576. The van der Waals surface area contributed by atoms with Crippen molar-refractivity contribution >= 4 is 0 Å². The Kier molecular flexibility index (Phi) is 5.91. The molecule has 6 rings (SSSR count). The number of pyridine rings is 2. The van der Waals surface area contributed by atoms with Crippen LogP contribution in [0, 0.1) is 0 Å². The molecule has 4 aromatic carbocycles. The molecule has 0 aliphatic heterocycles. The quantitative estimate of drug-likeness (QED) is 0.238. The van der Waals surface area contributed by atoms with Crippen LogP contribution in [0.2, 0.25) is 0 Å². The minimum absolute atomic E-state index is 0.883. The minimum Gasteiger partial charge on any atom is -0.188 e. The van der Waals surface area contributed by atoms with Crippen LogP contribution in [-0.2, 0) is 0 Å². The second kappa shape index (κ2) is 9.81. The van der Waals surface area contributed by atoms with Crippen LogP contribution in [0.5, 0.6) is 0 Å². The van der Waals surface area contributed by atoms with Gasteiger partial charge in [0.15, 0.2) is 5.69 Å². The fourth-order valence-corrected chi connectivity index (χ4v) is 4.60. The SMILES string of the molecule is c1ccc(-c2cc(-c3ccccc3)[n+](-c3cccc(-c4ccccc4)n3)c(-c3ccccc3)c2)cc1. The van der Waals surface area contributed by atoms with Gasteiger partial charge in [0.25, 0.3) is 0 Å². The predicted molar refractivity (Wildman–Crippen MR) is 148 cm³/mol. The Balaban J connectivity index is 1.67. The highest BCUT2D eigenvalue weighted by molar-refractivity contribution is 5.74. The highest BCUT2D eigenvalue weighted by Crippen LogP contribution is 2.30. The van der Waals surface area contributed by atoms with Crippen molar-refractivity contribution in [3.05, 3.63) is 152 Å². The molecule has 0 bridgehead atoms. The van der Waals surface area contributed by atoms with Crippen molar-refractivity contribution < 1.29 is 4.57 Å². The number of aromatic nitrogens is 2. The molecular formula is C34H25N2+. The summed E-state index contributed by atoms with van der Waals surface area (Å²) in [7, 11) is 0. The van der Waals surface area contributed by atoms with Crippen LogP contribution in [-0.4, -0.2) is 4.98 Å². The molecule has 0 fully saturated rings. The monoisotopic (exact) mass is 461 g/mol. The van der Waals surface area contributed by atoms with Gasteiger partial charge in [-0.2, -0.15) is 4.57 Å². The molecule has 0 radical (unpaired) electrons. The average Bonchev–Trinajstić information content (AvgIpc) is 2.98. The van der Waals surface area contributed by atoms with Crippen LogP contribution in [0.1, 0.15) is 0 Å². The van der Waals surface area contributed by atoms with Crippen molar-refractivity contribution in [3.8, 4) is 50.7 Å². The molecule has 2 heterocycles. The molecule has 0 aliphatic rings. The van der Waals surface area contributed by atoms with Crippen molar-refractivity contribution in [1.29, 1.82) is 0 Å². The summed E-state index contributed by atoms with van der Waals surface area (Å²) >= 11 is 0. The molecule has 0 saturated heterocycles. The number of hydrogen-bond acceptors (Lipinski definition) is 1. The summed E-state index contributed by atoms with van der Waals surface area (Å²) < 4.78 is 2.28. The van der Waals surface area contributed by atoms with Crippen LogP contribution in [0.3, 0.4) is 0 Å². The van der Waals surface area contributed by atoms with Gasteiger partial charge < -0.3 is 0 Å². The highest BCUT2D eigenvalue weighted by atomic mass is 15.1. The van der Waals surface area contributed by atoms with Gasteiger partial charge >= 0.3 is 5.82 Å². The van der Waals surface area contributed by atoms with Crippen molar-refractivity contribution in [2.45, 2.75) is 0 Å². The second-order valence-corrected chi connectivity index (χ2v) is 8.70. The summed E-state index contributed by atoms with van der Waals surface area (Å²) in [5.74, 6) is 0.883. The molecule has 2 nitrogen and oxygen atoms in total. The fourth-order valence-electron chi connectivity index (χ4n) is 4.60. The molecule has 0 amide bonds. The van der Waals surface area contributed by atoms with E-state index in [9.17, 15) is 0 Å². The molecule has 0 saturated carbocycles. The zero-order valence-electron chi connectivity index (χ0n) is 19.8. The van der Waals surface area contributed by atoms with Gasteiger partial charge in [-0.25, -0.2) is 0 Å². The fraction of sp³-hybridized carbons (Fsp3) is 0. The van der Waals surface area contributed by atoms with E-state index in [4.69, 9.17) is 4.98 Å². The minimum atomic E-state index is 0.883. The van der Waals surface area contributed by atoms with Crippen LogP contribution in [0.25, 0.3) is 50.7 Å². The molecule has 0 N–H and O–H groups in total. The molecule has 0 spiro atoms. The summed E-state index contributed by atoms with van der Waals surface area (Å²) in [5, 5.41) is 0. The van der Waals surface area contributed by atoms with Crippen molar-refractivity contribution in [2.75, 3.05) is 0 Å². The Morgan fingerprint density at radius 2 is 0.806 bits per heavy atom. The summed E-state index contributed by atoms with van der Waals surface area (Å²) in [6.45, 7) is 0. The zero-order valence-corrected chi connectivity index (χ0v) is 19.8. The zero-order chi connectivity index (χ0) is 24.2. The Labute approximate surface area is 211 Å². The van der Waals surface area contributed by atoms with E-state index in [2.05, 4.69) is 150 Å². The van der Waals surface area contributed by atoms with E-state index in [-0.39, 0.29) is 0 Å². The van der Waals surface area contributed by atoms with E-state index in [1.165, 1.54) is 11.1 Å². The summed E-state index contributed by atoms with van der Waals surface area (Å²) in [6, 6.07) is 52.8. The smallest absolute Gasteiger partial charge is 0.188 e. The van der Waals surface area contributed by atoms with Crippen LogP contribution in [0.15, 0.2) is 152 Å². The highest BCUT2D eigenvalue weighted by Gasteiger charge is 2.23. The van der Waals surface area contributed by atoms with Crippen LogP contribution in [0.4, 0.5) is 0 Å². The Hall–Kier alpha value is -4.82. The van der Waals surface area contributed by atoms with Gasteiger partial charge in [-0.05, 0) is 40.4 Å². The summed E-state index contributed by atoms with van der Waals surface area (Å²) in [5.41, 5.74) is 8.86. The Bertz CT molecular complexity index is 1530. The predicted octanol–water partition coefficient (Wildman–Crippen LogP) is 8.03. The maximum atomic E-state index is 5.15. The van der Waals surface area contributed by atoms with Gasteiger partial charge in [-0.1, -0.05) is 121 Å². The first-order chi connectivity index (χ1) is 17.9. The van der Waals surface area contributed by atoms with Crippen molar-refractivity contribution in [1.82, 2.24) is 4.98 Å². The first kappa shape index (κ1) is 21.7. The third-order valence-corrected chi connectivity index (χ3v) is 6.35.